The minimum Gasteiger partial charge on any atom is -0.297 e. The average molecular weight is 325 g/mol. The highest BCUT2D eigenvalue weighted by atomic mass is 32.1. The molecule has 0 unspecified atom stereocenters. The summed E-state index contributed by atoms with van der Waals surface area (Å²) in [7, 11) is 0. The predicted molar refractivity (Wildman–Crippen MR) is 89.4 cm³/mol. The van der Waals surface area contributed by atoms with Gasteiger partial charge in [0.15, 0.2) is 0 Å². The molecule has 0 aliphatic heterocycles. The fourth-order valence-electron chi connectivity index (χ4n) is 1.89. The van der Waals surface area contributed by atoms with Crippen molar-refractivity contribution in [2.75, 3.05) is 5.32 Å². The van der Waals surface area contributed by atoms with Gasteiger partial charge in [-0.3, -0.25) is 10.1 Å². The molecule has 3 aromatic rings. The van der Waals surface area contributed by atoms with Gasteiger partial charge < -0.3 is 0 Å². The number of benzene rings is 2. The topological polar surface area (TPSA) is 54.9 Å². The van der Waals surface area contributed by atoms with Gasteiger partial charge in [0, 0.05) is 17.2 Å². The number of carbonyl (C=O) groups is 1. The molecular weight excluding hydrogens is 313 g/mol. The van der Waals surface area contributed by atoms with Gasteiger partial charge in [-0.05, 0) is 12.1 Å². The van der Waals surface area contributed by atoms with E-state index in [4.69, 9.17) is 0 Å². The van der Waals surface area contributed by atoms with E-state index in [0.717, 1.165) is 10.6 Å². The minimum absolute atomic E-state index is 0.352. The first kappa shape index (κ1) is 15.1. The molecule has 0 spiro atoms. The lowest BCUT2D eigenvalue weighted by molar-refractivity contribution is -0.111. The molecule has 2 aromatic carbocycles. The summed E-state index contributed by atoms with van der Waals surface area (Å²) in [5.74, 6) is -0.761. The molecule has 1 N–H and O–H groups in total. The largest absolute Gasteiger partial charge is 0.297 e. The Kier molecular flexibility index (Phi) is 4.54. The van der Waals surface area contributed by atoms with E-state index < -0.39 is 0 Å². The number of hydrogen-bond donors (Lipinski definition) is 1. The second kappa shape index (κ2) is 6.93. The summed E-state index contributed by atoms with van der Waals surface area (Å²) < 4.78 is 13.5. The van der Waals surface area contributed by atoms with E-state index in [-0.39, 0.29) is 11.7 Å². The van der Waals surface area contributed by atoms with E-state index in [9.17, 15) is 9.18 Å². The van der Waals surface area contributed by atoms with E-state index in [1.54, 1.807) is 18.2 Å². The Labute approximate surface area is 136 Å². The van der Waals surface area contributed by atoms with Crippen LogP contribution >= 0.6 is 11.3 Å². The maximum absolute atomic E-state index is 13.5. The number of carbonyl (C=O) groups excluding carboxylic acids is 1. The Bertz CT molecular complexity index is 846. The molecule has 1 heterocycles. The number of anilines is 1. The number of nitrogens with zero attached hydrogens (tertiary/aromatic N) is 2. The van der Waals surface area contributed by atoms with Gasteiger partial charge in [0.2, 0.25) is 11.0 Å². The fourth-order valence-corrected chi connectivity index (χ4v) is 2.65. The molecule has 1 aromatic heterocycles. The monoisotopic (exact) mass is 325 g/mol. The van der Waals surface area contributed by atoms with Crippen molar-refractivity contribution in [1.82, 2.24) is 10.2 Å². The zero-order chi connectivity index (χ0) is 16.1. The molecule has 114 valence electrons. The Balaban J connectivity index is 1.67. The summed E-state index contributed by atoms with van der Waals surface area (Å²) >= 11 is 1.28. The van der Waals surface area contributed by atoms with Crippen molar-refractivity contribution in [2.24, 2.45) is 0 Å². The number of hydrogen-bond acceptors (Lipinski definition) is 4. The average Bonchev–Trinajstić information content (AvgIpc) is 3.03. The van der Waals surface area contributed by atoms with Crippen LogP contribution in [-0.4, -0.2) is 16.1 Å². The van der Waals surface area contributed by atoms with Crippen LogP contribution in [0.5, 0.6) is 0 Å². The van der Waals surface area contributed by atoms with Crippen LogP contribution < -0.4 is 5.32 Å². The molecule has 0 aliphatic rings. The molecule has 0 radical (unpaired) electrons. The minimum atomic E-state index is -0.385. The van der Waals surface area contributed by atoms with Crippen LogP contribution in [0.25, 0.3) is 16.6 Å². The number of aromatic nitrogens is 2. The van der Waals surface area contributed by atoms with Crippen molar-refractivity contribution < 1.29 is 9.18 Å². The van der Waals surface area contributed by atoms with Gasteiger partial charge >= 0.3 is 0 Å². The third-order valence-electron chi connectivity index (χ3n) is 3.00. The molecule has 0 saturated heterocycles. The van der Waals surface area contributed by atoms with Crippen LogP contribution in [0.3, 0.4) is 0 Å². The number of rotatable bonds is 4. The van der Waals surface area contributed by atoms with Crippen LogP contribution in [0.2, 0.25) is 0 Å². The standard InChI is InChI=1S/C17H12FN3OS/c18-14-9-5-4-6-12(14)10-11-15(22)19-17-21-20-16(23-17)13-7-2-1-3-8-13/h1-11H,(H,19,21,22)/b11-10+. The molecule has 0 aliphatic carbocycles. The van der Waals surface area contributed by atoms with E-state index in [1.807, 2.05) is 30.3 Å². The molecule has 3 rings (SSSR count). The van der Waals surface area contributed by atoms with Crippen molar-refractivity contribution >= 4 is 28.5 Å². The lowest BCUT2D eigenvalue weighted by Crippen LogP contribution is -2.07. The summed E-state index contributed by atoms with van der Waals surface area (Å²) in [5.41, 5.74) is 1.29. The maximum atomic E-state index is 13.5. The summed E-state index contributed by atoms with van der Waals surface area (Å²) in [5, 5.41) is 11.7. The lowest BCUT2D eigenvalue weighted by atomic mass is 10.2. The number of halogens is 1. The summed E-state index contributed by atoms with van der Waals surface area (Å²) in [6, 6.07) is 15.8. The Morgan fingerprint density at radius 1 is 1.04 bits per heavy atom. The van der Waals surface area contributed by atoms with Crippen molar-refractivity contribution in [2.45, 2.75) is 0 Å². The van der Waals surface area contributed by atoms with Crippen LogP contribution in [0.4, 0.5) is 9.52 Å². The molecule has 0 saturated carbocycles. The molecule has 23 heavy (non-hydrogen) atoms. The second-order valence-corrected chi connectivity index (χ2v) is 5.60. The maximum Gasteiger partial charge on any atom is 0.250 e. The first-order valence-corrected chi connectivity index (χ1v) is 7.66. The van der Waals surface area contributed by atoms with E-state index in [0.29, 0.717) is 10.7 Å². The van der Waals surface area contributed by atoms with E-state index in [1.165, 1.54) is 29.6 Å². The highest BCUT2D eigenvalue weighted by Crippen LogP contribution is 2.25. The van der Waals surface area contributed by atoms with Gasteiger partial charge in [-0.1, -0.05) is 59.9 Å². The zero-order valence-electron chi connectivity index (χ0n) is 11.9. The van der Waals surface area contributed by atoms with Gasteiger partial charge in [-0.25, -0.2) is 4.39 Å². The first-order chi connectivity index (χ1) is 11.2. The highest BCUT2D eigenvalue weighted by Gasteiger charge is 2.08. The number of amides is 1. The van der Waals surface area contributed by atoms with E-state index in [2.05, 4.69) is 15.5 Å². The third-order valence-corrected chi connectivity index (χ3v) is 3.88. The second-order valence-electron chi connectivity index (χ2n) is 4.62. The van der Waals surface area contributed by atoms with Crippen LogP contribution in [-0.2, 0) is 4.79 Å². The first-order valence-electron chi connectivity index (χ1n) is 6.85. The Hall–Kier alpha value is -2.86. The SMILES string of the molecule is O=C(/C=C/c1ccccc1F)Nc1nnc(-c2ccccc2)s1. The summed E-state index contributed by atoms with van der Waals surface area (Å²) in [4.78, 5) is 11.9. The van der Waals surface area contributed by atoms with Gasteiger partial charge in [0.05, 0.1) is 0 Å². The van der Waals surface area contributed by atoms with Crippen molar-refractivity contribution in [3.63, 3.8) is 0 Å². The Morgan fingerprint density at radius 3 is 2.57 bits per heavy atom. The zero-order valence-corrected chi connectivity index (χ0v) is 12.8. The van der Waals surface area contributed by atoms with Crippen LogP contribution in [0.1, 0.15) is 5.56 Å². The van der Waals surface area contributed by atoms with Crippen LogP contribution in [0, 0.1) is 5.82 Å². The summed E-state index contributed by atoms with van der Waals surface area (Å²) in [6.07, 6.45) is 2.69. The van der Waals surface area contributed by atoms with Gasteiger partial charge in [0.25, 0.3) is 0 Å². The molecule has 0 fully saturated rings. The molecule has 0 bridgehead atoms. The smallest absolute Gasteiger partial charge is 0.250 e. The molecule has 6 heteroatoms. The molecular formula is C17H12FN3OS. The molecule has 0 atom stereocenters. The summed E-state index contributed by atoms with van der Waals surface area (Å²) in [6.45, 7) is 0. The third kappa shape index (κ3) is 3.87. The van der Waals surface area contributed by atoms with Gasteiger partial charge in [-0.15, -0.1) is 10.2 Å². The molecule has 4 nitrogen and oxygen atoms in total. The molecule has 1 amide bonds. The van der Waals surface area contributed by atoms with Gasteiger partial charge in [-0.2, -0.15) is 0 Å². The number of nitrogens with one attached hydrogen (secondary N) is 1. The highest BCUT2D eigenvalue weighted by molar-refractivity contribution is 7.18. The van der Waals surface area contributed by atoms with Crippen molar-refractivity contribution in [1.29, 1.82) is 0 Å². The normalized spacial score (nSPS) is 10.8. The van der Waals surface area contributed by atoms with Gasteiger partial charge in [0.1, 0.15) is 10.8 Å². The van der Waals surface area contributed by atoms with Crippen LogP contribution in [0.15, 0.2) is 60.7 Å². The lowest BCUT2D eigenvalue weighted by Gasteiger charge is -1.96. The Morgan fingerprint density at radius 2 is 1.78 bits per heavy atom. The van der Waals surface area contributed by atoms with Crippen molar-refractivity contribution in [3.05, 3.63) is 72.1 Å². The predicted octanol–water partition coefficient (Wildman–Crippen LogP) is 4.00. The fraction of sp³-hybridized carbons (Fsp3) is 0. The van der Waals surface area contributed by atoms with E-state index >= 15 is 0 Å². The quantitative estimate of drug-likeness (QED) is 0.738. The van der Waals surface area contributed by atoms with Crippen molar-refractivity contribution in [3.8, 4) is 10.6 Å².